The van der Waals surface area contributed by atoms with Crippen molar-refractivity contribution in [1.82, 2.24) is 15.0 Å². The molecule has 0 amide bonds. The van der Waals surface area contributed by atoms with Gasteiger partial charge < -0.3 is 4.52 Å². The molecule has 0 saturated heterocycles. The Kier molecular flexibility index (Phi) is 4.13. The quantitative estimate of drug-likeness (QED) is 0.720. The zero-order valence-electron chi connectivity index (χ0n) is 12.1. The lowest BCUT2D eigenvalue weighted by molar-refractivity contribution is 0.265. The van der Waals surface area contributed by atoms with Gasteiger partial charge in [0.05, 0.1) is 17.7 Å². The van der Waals surface area contributed by atoms with E-state index in [1.807, 2.05) is 18.6 Å². The lowest BCUT2D eigenvalue weighted by atomic mass is 10.1. The Bertz CT molecular complexity index is 689. The fraction of sp³-hybridized carbons (Fsp3) is 0.250. The zero-order chi connectivity index (χ0) is 14.7. The molecular formula is C16H17N3OS. The molecule has 21 heavy (non-hydrogen) atoms. The predicted octanol–water partition coefficient (Wildman–Crippen LogP) is 3.74. The van der Waals surface area contributed by atoms with Crippen molar-refractivity contribution in [3.63, 3.8) is 0 Å². The van der Waals surface area contributed by atoms with Gasteiger partial charge in [0.1, 0.15) is 5.69 Å². The van der Waals surface area contributed by atoms with Gasteiger partial charge in [-0.15, -0.1) is 11.3 Å². The maximum Gasteiger partial charge on any atom is 0.151 e. The van der Waals surface area contributed by atoms with E-state index < -0.39 is 0 Å². The molecule has 0 fully saturated rings. The highest BCUT2D eigenvalue weighted by atomic mass is 32.1. The number of nitrogens with zero attached hydrogens (tertiary/aromatic N) is 3. The zero-order valence-corrected chi connectivity index (χ0v) is 12.9. The van der Waals surface area contributed by atoms with E-state index in [4.69, 9.17) is 4.52 Å². The first-order valence-corrected chi connectivity index (χ1v) is 7.73. The predicted molar refractivity (Wildman–Crippen MR) is 84.0 cm³/mol. The fourth-order valence-corrected chi connectivity index (χ4v) is 2.71. The highest BCUT2D eigenvalue weighted by Gasteiger charge is 2.09. The monoisotopic (exact) mass is 299 g/mol. The SMILES string of the molecule is Cc1ccc(-c2cc(CN(C)Cc3cscn3)on2)cc1. The van der Waals surface area contributed by atoms with Crippen LogP contribution in [0.4, 0.5) is 0 Å². The topological polar surface area (TPSA) is 42.2 Å². The Hall–Kier alpha value is -1.98. The van der Waals surface area contributed by atoms with E-state index in [1.165, 1.54) is 5.56 Å². The Balaban J connectivity index is 1.66. The van der Waals surface area contributed by atoms with E-state index in [2.05, 4.69) is 51.6 Å². The molecule has 0 N–H and O–H groups in total. The van der Waals surface area contributed by atoms with Crippen LogP contribution < -0.4 is 0 Å². The van der Waals surface area contributed by atoms with Crippen LogP contribution in [0.2, 0.25) is 0 Å². The van der Waals surface area contributed by atoms with E-state index in [-0.39, 0.29) is 0 Å². The number of aromatic nitrogens is 2. The van der Waals surface area contributed by atoms with Crippen molar-refractivity contribution in [3.8, 4) is 11.3 Å². The van der Waals surface area contributed by atoms with Crippen molar-refractivity contribution in [2.45, 2.75) is 20.0 Å². The van der Waals surface area contributed by atoms with Crippen LogP contribution >= 0.6 is 11.3 Å². The molecule has 2 heterocycles. The van der Waals surface area contributed by atoms with Crippen molar-refractivity contribution >= 4 is 11.3 Å². The second kappa shape index (κ2) is 6.20. The Labute approximate surface area is 128 Å². The number of benzene rings is 1. The average Bonchev–Trinajstić information content (AvgIpc) is 3.11. The maximum absolute atomic E-state index is 5.43. The number of aryl methyl sites for hydroxylation is 1. The van der Waals surface area contributed by atoms with E-state index in [1.54, 1.807) is 11.3 Å². The minimum atomic E-state index is 0.719. The molecule has 0 atom stereocenters. The van der Waals surface area contributed by atoms with Crippen LogP contribution in [0.25, 0.3) is 11.3 Å². The fourth-order valence-electron chi connectivity index (χ4n) is 2.16. The lowest BCUT2D eigenvalue weighted by Gasteiger charge is -2.12. The summed E-state index contributed by atoms with van der Waals surface area (Å²) >= 11 is 1.62. The summed E-state index contributed by atoms with van der Waals surface area (Å²) in [6, 6.07) is 10.3. The van der Waals surface area contributed by atoms with Gasteiger partial charge in [0.15, 0.2) is 5.76 Å². The summed E-state index contributed by atoms with van der Waals surface area (Å²) in [5.41, 5.74) is 6.14. The minimum Gasteiger partial charge on any atom is -0.359 e. The van der Waals surface area contributed by atoms with Crippen LogP contribution in [0.1, 0.15) is 17.0 Å². The summed E-state index contributed by atoms with van der Waals surface area (Å²) in [5, 5.41) is 6.22. The summed E-state index contributed by atoms with van der Waals surface area (Å²) in [5.74, 6) is 0.864. The summed E-state index contributed by atoms with van der Waals surface area (Å²) < 4.78 is 5.43. The third-order valence-corrected chi connectivity index (χ3v) is 3.88. The first-order chi connectivity index (χ1) is 10.2. The molecular weight excluding hydrogens is 282 g/mol. The lowest BCUT2D eigenvalue weighted by Crippen LogP contribution is -2.16. The van der Waals surface area contributed by atoms with Crippen LogP contribution in [-0.2, 0) is 13.1 Å². The summed E-state index contributed by atoms with van der Waals surface area (Å²) in [6.07, 6.45) is 0. The molecule has 0 bridgehead atoms. The second-order valence-corrected chi connectivity index (χ2v) is 5.92. The number of hydrogen-bond donors (Lipinski definition) is 0. The molecule has 5 heteroatoms. The summed E-state index contributed by atoms with van der Waals surface area (Å²) in [4.78, 5) is 6.45. The van der Waals surface area contributed by atoms with Crippen LogP contribution in [0.3, 0.4) is 0 Å². The Morgan fingerprint density at radius 2 is 2.00 bits per heavy atom. The van der Waals surface area contributed by atoms with Gasteiger partial charge in [-0.25, -0.2) is 4.98 Å². The molecule has 0 aliphatic rings. The molecule has 3 rings (SSSR count). The highest BCUT2D eigenvalue weighted by molar-refractivity contribution is 7.07. The minimum absolute atomic E-state index is 0.719. The van der Waals surface area contributed by atoms with Crippen molar-refractivity contribution in [3.05, 3.63) is 58.2 Å². The smallest absolute Gasteiger partial charge is 0.151 e. The molecule has 0 saturated carbocycles. The van der Waals surface area contributed by atoms with Gasteiger partial charge in [-0.3, -0.25) is 4.90 Å². The van der Waals surface area contributed by atoms with E-state index in [0.717, 1.165) is 35.8 Å². The summed E-state index contributed by atoms with van der Waals surface area (Å²) in [6.45, 7) is 3.60. The Morgan fingerprint density at radius 3 is 2.71 bits per heavy atom. The highest BCUT2D eigenvalue weighted by Crippen LogP contribution is 2.20. The largest absolute Gasteiger partial charge is 0.359 e. The number of rotatable bonds is 5. The maximum atomic E-state index is 5.43. The third-order valence-electron chi connectivity index (χ3n) is 3.25. The molecule has 0 aliphatic heterocycles. The van der Waals surface area contributed by atoms with Crippen LogP contribution in [0.5, 0.6) is 0 Å². The average molecular weight is 299 g/mol. The third kappa shape index (κ3) is 3.56. The normalized spacial score (nSPS) is 11.2. The molecule has 3 aromatic rings. The molecule has 2 aromatic heterocycles. The van der Waals surface area contributed by atoms with E-state index in [0.29, 0.717) is 0 Å². The van der Waals surface area contributed by atoms with Gasteiger partial charge in [0.2, 0.25) is 0 Å². The molecule has 0 radical (unpaired) electrons. The molecule has 4 nitrogen and oxygen atoms in total. The van der Waals surface area contributed by atoms with E-state index >= 15 is 0 Å². The first-order valence-electron chi connectivity index (χ1n) is 6.79. The molecule has 0 aliphatic carbocycles. The molecule has 0 unspecified atom stereocenters. The van der Waals surface area contributed by atoms with E-state index in [9.17, 15) is 0 Å². The second-order valence-electron chi connectivity index (χ2n) is 5.20. The van der Waals surface area contributed by atoms with Crippen LogP contribution in [0.15, 0.2) is 45.7 Å². The van der Waals surface area contributed by atoms with Crippen LogP contribution in [0, 0.1) is 6.92 Å². The Morgan fingerprint density at radius 1 is 1.19 bits per heavy atom. The number of hydrogen-bond acceptors (Lipinski definition) is 5. The van der Waals surface area contributed by atoms with Gasteiger partial charge in [-0.05, 0) is 14.0 Å². The molecule has 1 aromatic carbocycles. The van der Waals surface area contributed by atoms with Gasteiger partial charge in [0, 0.05) is 23.6 Å². The van der Waals surface area contributed by atoms with Crippen molar-refractivity contribution in [2.24, 2.45) is 0 Å². The van der Waals surface area contributed by atoms with Gasteiger partial charge in [0.25, 0.3) is 0 Å². The molecule has 108 valence electrons. The summed E-state index contributed by atoms with van der Waals surface area (Å²) in [7, 11) is 2.05. The standard InChI is InChI=1S/C16H17N3OS/c1-12-3-5-13(6-4-12)16-7-15(20-18-16)9-19(2)8-14-10-21-11-17-14/h3-7,10-11H,8-9H2,1-2H3. The van der Waals surface area contributed by atoms with Crippen molar-refractivity contribution < 1.29 is 4.52 Å². The van der Waals surface area contributed by atoms with Crippen molar-refractivity contribution in [1.29, 1.82) is 0 Å². The van der Waals surface area contributed by atoms with Crippen molar-refractivity contribution in [2.75, 3.05) is 7.05 Å². The first kappa shape index (κ1) is 14.0. The van der Waals surface area contributed by atoms with Crippen LogP contribution in [-0.4, -0.2) is 22.1 Å². The molecule has 0 spiro atoms. The van der Waals surface area contributed by atoms with Gasteiger partial charge >= 0.3 is 0 Å². The van der Waals surface area contributed by atoms with Gasteiger partial charge in [-0.1, -0.05) is 35.0 Å². The number of thiazole rings is 1. The van der Waals surface area contributed by atoms with Gasteiger partial charge in [-0.2, -0.15) is 0 Å².